The first kappa shape index (κ1) is 26.3. The minimum atomic E-state index is -0.562. The van der Waals surface area contributed by atoms with Crippen molar-refractivity contribution in [2.24, 2.45) is 5.92 Å². The van der Waals surface area contributed by atoms with Gasteiger partial charge in [-0.1, -0.05) is 24.3 Å². The highest BCUT2D eigenvalue weighted by molar-refractivity contribution is 6.02. The lowest BCUT2D eigenvalue weighted by Crippen LogP contribution is -2.56. The van der Waals surface area contributed by atoms with Gasteiger partial charge in [-0.3, -0.25) is 4.79 Å². The fraction of sp³-hybridized carbons (Fsp3) is 0.367. The second-order valence-electron chi connectivity index (χ2n) is 10.8. The maximum absolute atomic E-state index is 12.9. The highest BCUT2D eigenvalue weighted by atomic mass is 16.7. The van der Waals surface area contributed by atoms with Gasteiger partial charge in [0.2, 0.25) is 0 Å². The van der Waals surface area contributed by atoms with Gasteiger partial charge in [0.1, 0.15) is 17.1 Å². The molecule has 9 heteroatoms. The molecular formula is C30H31N3O6. The van der Waals surface area contributed by atoms with Gasteiger partial charge < -0.3 is 28.7 Å². The molecule has 0 saturated carbocycles. The minimum Gasteiger partial charge on any atom is -0.482 e. The smallest absolute Gasteiger partial charge is 0.410 e. The van der Waals surface area contributed by atoms with E-state index in [1.807, 2.05) is 63.2 Å². The molecule has 39 heavy (non-hydrogen) atoms. The van der Waals surface area contributed by atoms with Crippen LogP contribution in [0.15, 0.2) is 48.5 Å². The van der Waals surface area contributed by atoms with Crippen LogP contribution in [0.25, 0.3) is 21.9 Å². The Morgan fingerprint density at radius 1 is 1.13 bits per heavy atom. The zero-order chi connectivity index (χ0) is 27.7. The molecule has 2 aliphatic rings. The van der Waals surface area contributed by atoms with E-state index in [1.54, 1.807) is 23.0 Å². The first-order valence-electron chi connectivity index (χ1n) is 12.8. The summed E-state index contributed by atoms with van der Waals surface area (Å²) in [6.45, 7) is 6.91. The van der Waals surface area contributed by atoms with Gasteiger partial charge in [0.25, 0.3) is 5.91 Å². The van der Waals surface area contributed by atoms with Gasteiger partial charge in [-0.05, 0) is 61.4 Å². The fourth-order valence-corrected chi connectivity index (χ4v) is 4.90. The molecule has 0 aromatic heterocycles. The van der Waals surface area contributed by atoms with E-state index in [1.165, 1.54) is 0 Å². The third kappa shape index (κ3) is 5.47. The van der Waals surface area contributed by atoms with Crippen LogP contribution in [0.5, 0.6) is 11.5 Å². The standard InChI is InChI=1S/C30H31N3O6/c1-30(2,3)39-29(35)32-14-19(15-32)16-33-26-10-21(13-31)24(12-27(26)37-17-28(33)34)25-11-22(38-18-36-4)9-20-7-5-6-8-23(20)25/h5-12,19H,14-18H2,1-4H3. The van der Waals surface area contributed by atoms with Crippen molar-refractivity contribution >= 4 is 28.5 Å². The number of benzene rings is 3. The van der Waals surface area contributed by atoms with E-state index in [2.05, 4.69) is 6.07 Å². The maximum Gasteiger partial charge on any atom is 0.410 e. The molecule has 1 fully saturated rings. The number of carbonyl (C=O) groups excluding carboxylic acids is 2. The van der Waals surface area contributed by atoms with Gasteiger partial charge in [0.15, 0.2) is 13.4 Å². The van der Waals surface area contributed by atoms with E-state index in [9.17, 15) is 14.9 Å². The molecular weight excluding hydrogens is 498 g/mol. The van der Waals surface area contributed by atoms with E-state index in [4.69, 9.17) is 18.9 Å². The lowest BCUT2D eigenvalue weighted by Gasteiger charge is -2.42. The van der Waals surface area contributed by atoms with Gasteiger partial charge >= 0.3 is 6.09 Å². The van der Waals surface area contributed by atoms with Crippen LogP contribution in [0, 0.1) is 17.2 Å². The number of carbonyl (C=O) groups is 2. The van der Waals surface area contributed by atoms with Gasteiger partial charge in [0, 0.05) is 38.2 Å². The summed E-state index contributed by atoms with van der Waals surface area (Å²) in [6, 6.07) is 17.5. The summed E-state index contributed by atoms with van der Waals surface area (Å²) in [5, 5.41) is 12.1. The topological polar surface area (TPSA) is 101 Å². The number of anilines is 1. The Hall–Kier alpha value is -4.29. The zero-order valence-electron chi connectivity index (χ0n) is 22.5. The molecule has 0 N–H and O–H groups in total. The Morgan fingerprint density at radius 3 is 2.62 bits per heavy atom. The van der Waals surface area contributed by atoms with Crippen LogP contribution in [0.1, 0.15) is 26.3 Å². The summed E-state index contributed by atoms with van der Waals surface area (Å²) < 4.78 is 22.1. The van der Waals surface area contributed by atoms with Crippen molar-refractivity contribution < 1.29 is 28.5 Å². The average Bonchev–Trinajstić information content (AvgIpc) is 2.87. The van der Waals surface area contributed by atoms with Crippen molar-refractivity contribution in [2.45, 2.75) is 26.4 Å². The lowest BCUT2D eigenvalue weighted by molar-refractivity contribution is -0.121. The van der Waals surface area contributed by atoms with Crippen molar-refractivity contribution in [3.8, 4) is 28.7 Å². The Labute approximate surface area is 227 Å². The van der Waals surface area contributed by atoms with E-state index < -0.39 is 5.60 Å². The molecule has 202 valence electrons. The second kappa shape index (κ2) is 10.5. The molecule has 9 nitrogen and oxygen atoms in total. The van der Waals surface area contributed by atoms with Crippen molar-refractivity contribution in [1.29, 1.82) is 5.26 Å². The quantitative estimate of drug-likeness (QED) is 0.416. The number of hydrogen-bond donors (Lipinski definition) is 0. The summed E-state index contributed by atoms with van der Waals surface area (Å²) in [6.07, 6.45) is -0.354. The molecule has 0 radical (unpaired) electrons. The number of fused-ring (bicyclic) bond motifs is 2. The number of nitrogens with zero attached hydrogens (tertiary/aromatic N) is 3. The molecule has 2 amide bonds. The summed E-state index contributed by atoms with van der Waals surface area (Å²) in [5.74, 6) is 1.05. The predicted octanol–water partition coefficient (Wildman–Crippen LogP) is 4.95. The van der Waals surface area contributed by atoms with Crippen LogP contribution in [0.2, 0.25) is 0 Å². The third-order valence-corrected chi connectivity index (χ3v) is 6.68. The third-order valence-electron chi connectivity index (χ3n) is 6.68. The Balaban J connectivity index is 1.45. The summed E-state index contributed by atoms with van der Waals surface area (Å²) >= 11 is 0. The van der Waals surface area contributed by atoms with E-state index in [0.717, 1.165) is 16.3 Å². The molecule has 0 spiro atoms. The summed E-state index contributed by atoms with van der Waals surface area (Å²) in [5.41, 5.74) is 1.91. The molecule has 2 heterocycles. The Bertz CT molecular complexity index is 1470. The number of amides is 2. The molecule has 1 saturated heterocycles. The molecule has 0 unspecified atom stereocenters. The first-order valence-corrected chi connectivity index (χ1v) is 12.8. The Kier molecular flexibility index (Phi) is 7.06. The van der Waals surface area contributed by atoms with Crippen LogP contribution in [0.3, 0.4) is 0 Å². The highest BCUT2D eigenvalue weighted by Crippen LogP contribution is 2.42. The number of ether oxygens (including phenoxy) is 4. The lowest BCUT2D eigenvalue weighted by atomic mass is 9.93. The van der Waals surface area contributed by atoms with Gasteiger partial charge in [-0.25, -0.2) is 4.79 Å². The normalized spacial score (nSPS) is 15.3. The second-order valence-corrected chi connectivity index (χ2v) is 10.8. The first-order chi connectivity index (χ1) is 18.7. The number of rotatable bonds is 6. The van der Waals surface area contributed by atoms with Crippen molar-refractivity contribution in [3.63, 3.8) is 0 Å². The van der Waals surface area contributed by atoms with Crippen molar-refractivity contribution in [1.82, 2.24) is 4.90 Å². The number of methoxy groups -OCH3 is 1. The SMILES string of the molecule is COCOc1cc(-c2cc3c(cc2C#N)N(CC2CN(C(=O)OC(C)(C)C)C2)C(=O)CO3)c2ccccc2c1. The number of nitriles is 1. The predicted molar refractivity (Wildman–Crippen MR) is 146 cm³/mol. The molecule has 0 aliphatic carbocycles. The van der Waals surface area contributed by atoms with Gasteiger partial charge in [-0.15, -0.1) is 0 Å². The van der Waals surface area contributed by atoms with E-state index in [-0.39, 0.29) is 31.3 Å². The fourth-order valence-electron chi connectivity index (χ4n) is 4.90. The minimum absolute atomic E-state index is 0.0937. The van der Waals surface area contributed by atoms with E-state index in [0.29, 0.717) is 47.9 Å². The van der Waals surface area contributed by atoms with Crippen molar-refractivity contribution in [3.05, 3.63) is 54.1 Å². The van der Waals surface area contributed by atoms with Crippen LogP contribution < -0.4 is 14.4 Å². The van der Waals surface area contributed by atoms with Crippen LogP contribution in [-0.2, 0) is 14.3 Å². The number of hydrogen-bond acceptors (Lipinski definition) is 7. The molecule has 3 aromatic rings. The maximum atomic E-state index is 12.9. The van der Waals surface area contributed by atoms with Crippen molar-refractivity contribution in [2.75, 3.05) is 45.0 Å². The van der Waals surface area contributed by atoms with Crippen LogP contribution in [-0.4, -0.2) is 62.6 Å². The number of likely N-dealkylation sites (tertiary alicyclic amines) is 1. The molecule has 0 bridgehead atoms. The van der Waals surface area contributed by atoms with Crippen LogP contribution >= 0.6 is 0 Å². The molecule has 3 aromatic carbocycles. The summed E-state index contributed by atoms with van der Waals surface area (Å²) in [7, 11) is 1.56. The van der Waals surface area contributed by atoms with E-state index >= 15 is 0 Å². The van der Waals surface area contributed by atoms with Crippen LogP contribution in [0.4, 0.5) is 10.5 Å². The molecule has 2 aliphatic heterocycles. The molecule has 0 atom stereocenters. The van der Waals surface area contributed by atoms with Gasteiger partial charge in [0.05, 0.1) is 17.3 Å². The Morgan fingerprint density at radius 2 is 1.90 bits per heavy atom. The van der Waals surface area contributed by atoms with Gasteiger partial charge in [-0.2, -0.15) is 5.26 Å². The summed E-state index contributed by atoms with van der Waals surface area (Å²) in [4.78, 5) is 28.5. The molecule has 5 rings (SSSR count). The largest absolute Gasteiger partial charge is 0.482 e. The highest BCUT2D eigenvalue weighted by Gasteiger charge is 2.37. The average molecular weight is 530 g/mol. The zero-order valence-corrected chi connectivity index (χ0v) is 22.5. The monoisotopic (exact) mass is 529 g/mol.